The van der Waals surface area contributed by atoms with Crippen molar-refractivity contribution >= 4 is 22.9 Å². The molecule has 5 rings (SSSR count). The fraction of sp³-hybridized carbons (Fsp3) is 0.593. The summed E-state index contributed by atoms with van der Waals surface area (Å²) in [6.45, 7) is 3.11. The first kappa shape index (κ1) is 25.8. The van der Waals surface area contributed by atoms with E-state index in [4.69, 9.17) is 15.1 Å². The Morgan fingerprint density at radius 1 is 1.28 bits per heavy atom. The van der Waals surface area contributed by atoms with Crippen LogP contribution in [-0.4, -0.2) is 71.2 Å². The average molecular weight is 496 g/mol. The average Bonchev–Trinajstić information content (AvgIpc) is 3.54. The molecule has 1 aliphatic heterocycles. The van der Waals surface area contributed by atoms with E-state index in [1.807, 2.05) is 12.1 Å². The number of aromatic amines is 1. The van der Waals surface area contributed by atoms with E-state index in [-0.39, 0.29) is 5.92 Å². The van der Waals surface area contributed by atoms with Gasteiger partial charge in [-0.3, -0.25) is 4.79 Å². The van der Waals surface area contributed by atoms with Crippen molar-refractivity contribution in [3.63, 3.8) is 0 Å². The van der Waals surface area contributed by atoms with Gasteiger partial charge in [0.05, 0.1) is 11.6 Å². The van der Waals surface area contributed by atoms with Gasteiger partial charge in [0.2, 0.25) is 5.91 Å². The van der Waals surface area contributed by atoms with Crippen molar-refractivity contribution in [3.8, 4) is 11.8 Å². The molecule has 0 unspecified atom stereocenters. The predicted octanol–water partition coefficient (Wildman–Crippen LogP) is 3.88. The van der Waals surface area contributed by atoms with Gasteiger partial charge in [-0.1, -0.05) is 31.4 Å². The van der Waals surface area contributed by atoms with Crippen LogP contribution in [0.15, 0.2) is 18.2 Å². The highest BCUT2D eigenvalue weighted by Crippen LogP contribution is 2.35. The molecule has 2 heterocycles. The first-order valence-electron chi connectivity index (χ1n) is 12.9. The van der Waals surface area contributed by atoms with Crippen molar-refractivity contribution in [2.45, 2.75) is 63.5 Å². The molecule has 0 radical (unpaired) electrons. The van der Waals surface area contributed by atoms with Crippen molar-refractivity contribution in [3.05, 3.63) is 29.5 Å². The predicted molar refractivity (Wildman–Crippen MR) is 137 cm³/mol. The van der Waals surface area contributed by atoms with Crippen LogP contribution in [0.1, 0.15) is 56.2 Å². The topological polar surface area (TPSA) is 122 Å². The standard InChI is InChI=1S/C22H31N3O2.C5H6N2O2/c1-24(2)13-14-27-20-10-6-9-17-18-15-25(12-11-19(18)23-21(17)20)22(26)16-7-4-3-5-8-16;6-3-5(1-2-5)7-4(8)9/h6,9-10,16,23H,3-5,7-8,11-15H2,1-2H3;7H,1-2H2,(H,8,9). The van der Waals surface area contributed by atoms with E-state index in [0.717, 1.165) is 50.2 Å². The zero-order chi connectivity index (χ0) is 25.7. The number of nitrogens with zero attached hydrogens (tertiary/aromatic N) is 3. The van der Waals surface area contributed by atoms with Crippen molar-refractivity contribution < 1.29 is 19.4 Å². The Hall–Kier alpha value is -3.25. The molecule has 9 heteroatoms. The molecule has 9 nitrogen and oxygen atoms in total. The van der Waals surface area contributed by atoms with Gasteiger partial charge in [0.25, 0.3) is 0 Å². The van der Waals surface area contributed by atoms with Gasteiger partial charge in [-0.15, -0.1) is 0 Å². The number of fused-ring (bicyclic) bond motifs is 3. The van der Waals surface area contributed by atoms with Crippen LogP contribution < -0.4 is 10.1 Å². The fourth-order valence-corrected chi connectivity index (χ4v) is 5.06. The Morgan fingerprint density at radius 3 is 2.64 bits per heavy atom. The number of H-pyrrole nitrogens is 1. The molecule has 0 saturated heterocycles. The first-order chi connectivity index (χ1) is 17.3. The number of hydrogen-bond acceptors (Lipinski definition) is 5. The van der Waals surface area contributed by atoms with Crippen LogP contribution in [0, 0.1) is 17.2 Å². The molecule has 1 aromatic carbocycles. The van der Waals surface area contributed by atoms with Gasteiger partial charge < -0.3 is 29.9 Å². The summed E-state index contributed by atoms with van der Waals surface area (Å²) in [5.41, 5.74) is 2.89. The van der Waals surface area contributed by atoms with E-state index in [0.29, 0.717) is 25.4 Å². The first-order valence-corrected chi connectivity index (χ1v) is 12.9. The Kier molecular flexibility index (Phi) is 8.04. The lowest BCUT2D eigenvalue weighted by Crippen LogP contribution is -2.40. The number of likely N-dealkylation sites (N-methyl/N-ethyl adjacent to an activating group) is 1. The molecule has 0 spiro atoms. The molecule has 1 aromatic heterocycles. The Bertz CT molecular complexity index is 1130. The molecule has 2 fully saturated rings. The Morgan fingerprint density at radius 2 is 2.03 bits per heavy atom. The van der Waals surface area contributed by atoms with Crippen molar-refractivity contribution in [1.29, 1.82) is 5.26 Å². The lowest BCUT2D eigenvalue weighted by molar-refractivity contribution is -0.137. The number of carbonyl (C=O) groups is 2. The summed E-state index contributed by atoms with van der Waals surface area (Å²) in [5, 5.41) is 19.8. The van der Waals surface area contributed by atoms with Crippen LogP contribution in [0.2, 0.25) is 0 Å². The minimum absolute atomic E-state index is 0.246. The van der Waals surface area contributed by atoms with Gasteiger partial charge >= 0.3 is 6.09 Å². The number of nitriles is 1. The molecule has 36 heavy (non-hydrogen) atoms. The lowest BCUT2D eigenvalue weighted by Gasteiger charge is -2.32. The molecule has 3 N–H and O–H groups in total. The SMILES string of the molecule is CN(C)CCOc1cccc2c3c([nH]c12)CCN(C(=O)C1CCCCC1)C3.N#CC1(NC(=O)O)CC1. The second-order valence-corrected chi connectivity index (χ2v) is 10.4. The van der Waals surface area contributed by atoms with Crippen LogP contribution in [-0.2, 0) is 17.8 Å². The van der Waals surface area contributed by atoms with Crippen molar-refractivity contribution in [2.75, 3.05) is 33.8 Å². The zero-order valence-electron chi connectivity index (χ0n) is 21.3. The summed E-state index contributed by atoms with van der Waals surface area (Å²) in [7, 11) is 4.10. The number of carbonyl (C=O) groups excluding carboxylic acids is 1. The number of hydrogen-bond donors (Lipinski definition) is 3. The molecule has 2 aromatic rings. The highest BCUT2D eigenvalue weighted by Gasteiger charge is 2.44. The van der Waals surface area contributed by atoms with Crippen molar-refractivity contribution in [1.82, 2.24) is 20.1 Å². The van der Waals surface area contributed by atoms with Crippen LogP contribution in [0.4, 0.5) is 4.79 Å². The Labute approximate surface area is 212 Å². The van der Waals surface area contributed by atoms with E-state index in [1.165, 1.54) is 35.9 Å². The van der Waals surface area contributed by atoms with Gasteiger partial charge in [0, 0.05) is 48.6 Å². The van der Waals surface area contributed by atoms with Crippen LogP contribution in [0.5, 0.6) is 5.75 Å². The molecular weight excluding hydrogens is 458 g/mol. The number of ether oxygens (including phenoxy) is 1. The third-order valence-corrected chi connectivity index (χ3v) is 7.34. The molecule has 194 valence electrons. The molecular formula is C27H37N5O4. The van der Waals surface area contributed by atoms with E-state index in [1.54, 1.807) is 0 Å². The number of para-hydroxylation sites is 1. The van der Waals surface area contributed by atoms with E-state index in [2.05, 4.69) is 46.3 Å². The lowest BCUT2D eigenvalue weighted by atomic mass is 9.87. The third-order valence-electron chi connectivity index (χ3n) is 7.34. The summed E-state index contributed by atoms with van der Waals surface area (Å²) in [4.78, 5) is 30.7. The maximum Gasteiger partial charge on any atom is 0.405 e. The minimum Gasteiger partial charge on any atom is -0.490 e. The maximum atomic E-state index is 13.0. The fourth-order valence-electron chi connectivity index (χ4n) is 5.06. The number of aromatic nitrogens is 1. The van der Waals surface area contributed by atoms with Crippen LogP contribution >= 0.6 is 0 Å². The van der Waals surface area contributed by atoms with Gasteiger partial charge in [-0.25, -0.2) is 4.79 Å². The normalized spacial score (nSPS) is 18.6. The second kappa shape index (κ2) is 11.2. The number of carboxylic acid groups (broad SMARTS) is 1. The van der Waals surface area contributed by atoms with Gasteiger partial charge in [0.15, 0.2) is 0 Å². The monoisotopic (exact) mass is 495 g/mol. The zero-order valence-corrected chi connectivity index (χ0v) is 21.3. The highest BCUT2D eigenvalue weighted by molar-refractivity contribution is 5.90. The molecule has 3 aliphatic rings. The van der Waals surface area contributed by atoms with E-state index >= 15 is 0 Å². The number of benzene rings is 1. The van der Waals surface area contributed by atoms with Crippen molar-refractivity contribution in [2.24, 2.45) is 5.92 Å². The number of nitrogens with one attached hydrogen (secondary N) is 2. The highest BCUT2D eigenvalue weighted by atomic mass is 16.5. The Balaban J connectivity index is 0.000000286. The summed E-state index contributed by atoms with van der Waals surface area (Å²) >= 11 is 0. The summed E-state index contributed by atoms with van der Waals surface area (Å²) < 4.78 is 6.02. The second-order valence-electron chi connectivity index (χ2n) is 10.4. The summed E-state index contributed by atoms with van der Waals surface area (Å²) in [6, 6.07) is 8.13. The molecule has 2 aliphatic carbocycles. The minimum atomic E-state index is -1.12. The number of rotatable bonds is 6. The van der Waals surface area contributed by atoms with Gasteiger partial charge in [0.1, 0.15) is 17.9 Å². The van der Waals surface area contributed by atoms with E-state index < -0.39 is 11.6 Å². The van der Waals surface area contributed by atoms with Gasteiger partial charge in [-0.05, 0) is 45.8 Å². The number of amides is 2. The maximum absolute atomic E-state index is 13.0. The molecule has 0 bridgehead atoms. The van der Waals surface area contributed by atoms with Gasteiger partial charge in [-0.2, -0.15) is 5.26 Å². The third kappa shape index (κ3) is 6.11. The smallest absolute Gasteiger partial charge is 0.405 e. The van der Waals surface area contributed by atoms with Crippen LogP contribution in [0.3, 0.4) is 0 Å². The van der Waals surface area contributed by atoms with Crippen LogP contribution in [0.25, 0.3) is 10.9 Å². The summed E-state index contributed by atoms with van der Waals surface area (Å²) in [6.07, 6.45) is 6.92. The summed E-state index contributed by atoms with van der Waals surface area (Å²) in [5.74, 6) is 1.53. The van der Waals surface area contributed by atoms with E-state index in [9.17, 15) is 9.59 Å². The quantitative estimate of drug-likeness (QED) is 0.559. The largest absolute Gasteiger partial charge is 0.490 e. The molecule has 2 saturated carbocycles. The molecule has 2 amide bonds. The molecule has 0 atom stereocenters.